The molecule has 0 aliphatic carbocycles. The van der Waals surface area contributed by atoms with Gasteiger partial charge in [0.2, 0.25) is 0 Å². The summed E-state index contributed by atoms with van der Waals surface area (Å²) in [5.41, 5.74) is 1.80. The third-order valence-electron chi connectivity index (χ3n) is 4.02. The number of H-pyrrole nitrogens is 1. The van der Waals surface area contributed by atoms with Crippen LogP contribution in [0.3, 0.4) is 0 Å². The zero-order valence-corrected chi connectivity index (χ0v) is 13.9. The van der Waals surface area contributed by atoms with Crippen molar-refractivity contribution in [3.05, 3.63) is 40.5 Å². The number of benzene rings is 1. The van der Waals surface area contributed by atoms with Crippen LogP contribution in [0.1, 0.15) is 29.8 Å². The van der Waals surface area contributed by atoms with Crippen molar-refractivity contribution in [1.29, 1.82) is 0 Å². The summed E-state index contributed by atoms with van der Waals surface area (Å²) in [5.74, 6) is -1.30. The number of rotatable bonds is 3. The zero-order chi connectivity index (χ0) is 16.4. The lowest BCUT2D eigenvalue weighted by Gasteiger charge is -2.32. The van der Waals surface area contributed by atoms with Crippen LogP contribution < -0.4 is 0 Å². The summed E-state index contributed by atoms with van der Waals surface area (Å²) in [6.45, 7) is 0.446. The number of carbonyl (C=O) groups is 2. The third-order valence-corrected chi connectivity index (χ3v) is 4.79. The number of hydrogen-bond acceptors (Lipinski definition) is 3. The summed E-state index contributed by atoms with van der Waals surface area (Å²) in [5, 5.41) is 16.3. The van der Waals surface area contributed by atoms with Crippen LogP contribution in [-0.4, -0.2) is 44.7 Å². The van der Waals surface area contributed by atoms with Crippen molar-refractivity contribution in [3.63, 3.8) is 0 Å². The quantitative estimate of drug-likeness (QED) is 0.860. The van der Waals surface area contributed by atoms with Crippen LogP contribution in [0.2, 0.25) is 0 Å². The van der Waals surface area contributed by atoms with Gasteiger partial charge in [0.25, 0.3) is 5.91 Å². The van der Waals surface area contributed by atoms with E-state index in [0.717, 1.165) is 18.4 Å². The molecule has 1 aromatic heterocycles. The van der Waals surface area contributed by atoms with Gasteiger partial charge in [-0.2, -0.15) is 5.10 Å². The van der Waals surface area contributed by atoms with Gasteiger partial charge in [0.15, 0.2) is 0 Å². The molecule has 3 rings (SSSR count). The van der Waals surface area contributed by atoms with E-state index in [1.165, 1.54) is 4.90 Å². The van der Waals surface area contributed by atoms with Gasteiger partial charge in [0, 0.05) is 12.1 Å². The number of nitrogens with one attached hydrogen (secondary N) is 1. The Balaban J connectivity index is 1.91. The summed E-state index contributed by atoms with van der Waals surface area (Å²) < 4.78 is 0.559. The Hall–Kier alpha value is -2.15. The summed E-state index contributed by atoms with van der Waals surface area (Å²) >= 11 is 3.42. The Kier molecular flexibility index (Phi) is 4.47. The van der Waals surface area contributed by atoms with E-state index in [9.17, 15) is 14.7 Å². The van der Waals surface area contributed by atoms with E-state index in [2.05, 4.69) is 26.1 Å². The van der Waals surface area contributed by atoms with Crippen molar-refractivity contribution >= 4 is 27.8 Å². The lowest BCUT2D eigenvalue weighted by Crippen LogP contribution is -2.48. The topological polar surface area (TPSA) is 86.3 Å². The fraction of sp³-hybridized carbons (Fsp3) is 0.312. The second kappa shape index (κ2) is 6.54. The summed E-state index contributed by atoms with van der Waals surface area (Å²) in [4.78, 5) is 25.5. The highest BCUT2D eigenvalue weighted by Crippen LogP contribution is 2.30. The molecule has 6 nitrogen and oxygen atoms in total. The zero-order valence-electron chi connectivity index (χ0n) is 12.3. The molecule has 0 unspecified atom stereocenters. The molecule has 2 aromatic rings. The van der Waals surface area contributed by atoms with Crippen molar-refractivity contribution in [2.75, 3.05) is 6.54 Å². The van der Waals surface area contributed by atoms with Crippen LogP contribution in [0.15, 0.2) is 34.8 Å². The summed E-state index contributed by atoms with van der Waals surface area (Å²) in [6, 6.07) is 8.71. The minimum absolute atomic E-state index is 0.289. The molecule has 1 saturated heterocycles. The van der Waals surface area contributed by atoms with E-state index in [-0.39, 0.29) is 11.6 Å². The first kappa shape index (κ1) is 15.7. The van der Waals surface area contributed by atoms with Crippen LogP contribution in [0.4, 0.5) is 0 Å². The molecule has 1 atom stereocenters. The largest absolute Gasteiger partial charge is 0.480 e. The molecule has 0 radical (unpaired) electrons. The third kappa shape index (κ3) is 3.01. The number of carbonyl (C=O) groups excluding carboxylic acids is 1. The predicted molar refractivity (Wildman–Crippen MR) is 88.0 cm³/mol. The van der Waals surface area contributed by atoms with Gasteiger partial charge < -0.3 is 10.0 Å². The highest BCUT2D eigenvalue weighted by Gasteiger charge is 2.34. The molecular weight excluding hydrogens is 362 g/mol. The molecule has 120 valence electrons. The number of halogens is 1. The smallest absolute Gasteiger partial charge is 0.326 e. The molecule has 1 amide bonds. The van der Waals surface area contributed by atoms with Crippen LogP contribution in [0.25, 0.3) is 11.3 Å². The fourth-order valence-electron chi connectivity index (χ4n) is 2.83. The van der Waals surface area contributed by atoms with Gasteiger partial charge in [-0.3, -0.25) is 9.89 Å². The highest BCUT2D eigenvalue weighted by molar-refractivity contribution is 9.10. The molecular formula is C16H16BrN3O3. The van der Waals surface area contributed by atoms with Crippen molar-refractivity contribution < 1.29 is 14.7 Å². The van der Waals surface area contributed by atoms with Gasteiger partial charge >= 0.3 is 5.97 Å². The molecule has 0 saturated carbocycles. The van der Waals surface area contributed by atoms with Crippen LogP contribution in [0.5, 0.6) is 0 Å². The van der Waals surface area contributed by atoms with E-state index >= 15 is 0 Å². The van der Waals surface area contributed by atoms with Crippen molar-refractivity contribution in [2.45, 2.75) is 25.3 Å². The SMILES string of the molecule is O=C(O)[C@H]1CCCCN1C(=O)c1[nH]nc(-c2ccccc2)c1Br. The second-order valence-electron chi connectivity index (χ2n) is 5.48. The number of nitrogens with zero attached hydrogens (tertiary/aromatic N) is 2. The molecule has 2 N–H and O–H groups in total. The first-order chi connectivity index (χ1) is 11.1. The molecule has 1 aromatic carbocycles. The molecule has 0 spiro atoms. The lowest BCUT2D eigenvalue weighted by atomic mass is 10.0. The first-order valence-electron chi connectivity index (χ1n) is 7.42. The molecule has 1 fully saturated rings. The second-order valence-corrected chi connectivity index (χ2v) is 6.27. The number of likely N-dealkylation sites (tertiary alicyclic amines) is 1. The Morgan fingerprint density at radius 2 is 2.00 bits per heavy atom. The van der Waals surface area contributed by atoms with Gasteiger partial charge in [0.05, 0.1) is 4.47 Å². The Bertz CT molecular complexity index is 729. The normalized spacial score (nSPS) is 18.0. The van der Waals surface area contributed by atoms with Crippen molar-refractivity contribution in [1.82, 2.24) is 15.1 Å². The van der Waals surface area contributed by atoms with Crippen LogP contribution in [0, 0.1) is 0 Å². The van der Waals surface area contributed by atoms with Gasteiger partial charge in [-0.05, 0) is 35.2 Å². The molecule has 2 heterocycles. The Morgan fingerprint density at radius 3 is 2.70 bits per heavy atom. The van der Waals surface area contributed by atoms with Gasteiger partial charge in [-0.1, -0.05) is 30.3 Å². The maximum absolute atomic E-state index is 12.7. The monoisotopic (exact) mass is 377 g/mol. The van der Waals surface area contributed by atoms with E-state index in [4.69, 9.17) is 0 Å². The molecule has 1 aliphatic heterocycles. The molecule has 23 heavy (non-hydrogen) atoms. The Labute approximate surface area is 141 Å². The standard InChI is InChI=1S/C16H16BrN3O3/c17-12-13(10-6-2-1-3-7-10)18-19-14(12)15(21)20-9-5-4-8-11(20)16(22)23/h1-3,6-7,11H,4-5,8-9H2,(H,18,19)(H,22,23)/t11-/m1/s1. The maximum Gasteiger partial charge on any atom is 0.326 e. The highest BCUT2D eigenvalue weighted by atomic mass is 79.9. The number of hydrogen-bond donors (Lipinski definition) is 2. The van der Waals surface area contributed by atoms with Crippen LogP contribution >= 0.6 is 15.9 Å². The number of amides is 1. The van der Waals surface area contributed by atoms with E-state index in [0.29, 0.717) is 23.1 Å². The van der Waals surface area contributed by atoms with Crippen molar-refractivity contribution in [2.24, 2.45) is 0 Å². The van der Waals surface area contributed by atoms with E-state index in [1.807, 2.05) is 30.3 Å². The van der Waals surface area contributed by atoms with Crippen LogP contribution in [-0.2, 0) is 4.79 Å². The fourth-order valence-corrected chi connectivity index (χ4v) is 3.41. The first-order valence-corrected chi connectivity index (χ1v) is 8.22. The summed E-state index contributed by atoms with van der Waals surface area (Å²) in [7, 11) is 0. The van der Waals surface area contributed by atoms with Gasteiger partial charge in [0.1, 0.15) is 17.4 Å². The molecule has 7 heteroatoms. The molecule has 1 aliphatic rings. The van der Waals surface area contributed by atoms with E-state index in [1.54, 1.807) is 0 Å². The minimum Gasteiger partial charge on any atom is -0.480 e. The predicted octanol–water partition coefficient (Wildman–Crippen LogP) is 2.92. The summed E-state index contributed by atoms with van der Waals surface area (Å²) in [6.07, 6.45) is 2.12. The average Bonchev–Trinajstić information content (AvgIpc) is 2.96. The number of aromatic nitrogens is 2. The average molecular weight is 378 g/mol. The number of carboxylic acids is 1. The lowest BCUT2D eigenvalue weighted by molar-refractivity contribution is -0.143. The number of carboxylic acid groups (broad SMARTS) is 1. The number of aromatic amines is 1. The number of piperidine rings is 1. The number of aliphatic carboxylic acids is 1. The Morgan fingerprint density at radius 1 is 1.26 bits per heavy atom. The maximum atomic E-state index is 12.7. The van der Waals surface area contributed by atoms with Crippen molar-refractivity contribution in [3.8, 4) is 11.3 Å². The van der Waals surface area contributed by atoms with Gasteiger partial charge in [-0.15, -0.1) is 0 Å². The van der Waals surface area contributed by atoms with Gasteiger partial charge in [-0.25, -0.2) is 4.79 Å². The van der Waals surface area contributed by atoms with E-state index < -0.39 is 12.0 Å². The minimum atomic E-state index is -0.961. The molecule has 0 bridgehead atoms.